The Morgan fingerprint density at radius 1 is 0.947 bits per heavy atom. The van der Waals surface area contributed by atoms with E-state index in [9.17, 15) is 24.0 Å². The van der Waals surface area contributed by atoms with Crippen molar-refractivity contribution in [1.82, 2.24) is 24.3 Å². The first kappa shape index (κ1) is 40.2. The number of aromatic nitrogens is 3. The Bertz CT molecular complexity index is 2170. The van der Waals surface area contributed by atoms with Crippen LogP contribution in [0.15, 0.2) is 59.9 Å². The summed E-state index contributed by atoms with van der Waals surface area (Å²) in [5, 5.41) is 8.39. The Labute approximate surface area is 329 Å². The van der Waals surface area contributed by atoms with Crippen molar-refractivity contribution in [2.24, 2.45) is 24.8 Å². The number of carbonyl (C=O) groups excluding carboxylic acids is 5. The van der Waals surface area contributed by atoms with Crippen LogP contribution in [0.5, 0.6) is 11.5 Å². The fraction of sp³-hybridized carbons (Fsp3) is 0.375. The second-order valence-electron chi connectivity index (χ2n) is 13.9. The maximum Gasteiger partial charge on any atom is 0.322 e. The highest BCUT2D eigenvalue weighted by Gasteiger charge is 2.32. The molecule has 2 aromatic carbocycles. The topological polar surface area (TPSA) is 214 Å². The van der Waals surface area contributed by atoms with Crippen LogP contribution in [0.1, 0.15) is 70.5 Å². The van der Waals surface area contributed by atoms with E-state index in [1.165, 1.54) is 11.7 Å². The molecule has 1 fully saturated rings. The largest absolute Gasteiger partial charge is 0.493 e. The second kappa shape index (κ2) is 18.0. The highest BCUT2D eigenvalue weighted by atomic mass is 16.5. The number of anilines is 2. The van der Waals surface area contributed by atoms with E-state index in [1.807, 2.05) is 29.4 Å². The second-order valence-corrected chi connectivity index (χ2v) is 13.9. The number of benzene rings is 2. The minimum absolute atomic E-state index is 0.00733. The Balaban J connectivity index is 0.960. The highest BCUT2D eigenvalue weighted by Crippen LogP contribution is 2.38. The van der Waals surface area contributed by atoms with Gasteiger partial charge in [0.1, 0.15) is 11.7 Å². The summed E-state index contributed by atoms with van der Waals surface area (Å²) in [6.07, 6.45) is 8.00. The lowest BCUT2D eigenvalue weighted by atomic mass is 10.1. The quantitative estimate of drug-likeness (QED) is 0.0953. The average Bonchev–Trinajstić information content (AvgIpc) is 3.91. The molecule has 0 spiro atoms. The lowest BCUT2D eigenvalue weighted by molar-refractivity contribution is -0.144. The third-order valence-electron chi connectivity index (χ3n) is 9.55. The molecule has 6 rings (SSSR count). The van der Waals surface area contributed by atoms with Crippen molar-refractivity contribution in [3.63, 3.8) is 0 Å². The zero-order chi connectivity index (χ0) is 40.6. The van der Waals surface area contributed by atoms with Crippen LogP contribution >= 0.6 is 0 Å². The number of imidazole rings is 1. The number of ether oxygens (including phenoxy) is 3. The maximum atomic E-state index is 13.1. The summed E-state index contributed by atoms with van der Waals surface area (Å²) in [4.78, 5) is 73.9. The molecule has 1 saturated heterocycles. The number of nitrogens with zero attached hydrogens (tertiary/aromatic N) is 5. The van der Waals surface area contributed by atoms with Gasteiger partial charge >= 0.3 is 5.97 Å². The number of carbonyl (C=O) groups is 5. The Morgan fingerprint density at radius 3 is 2.49 bits per heavy atom. The number of aliphatic imine (C=N–C) groups is 1. The zero-order valence-electron chi connectivity index (χ0n) is 32.4. The summed E-state index contributed by atoms with van der Waals surface area (Å²) in [5.41, 5.74) is 9.09. The fourth-order valence-corrected chi connectivity index (χ4v) is 6.53. The molecule has 2 aliphatic rings. The first-order chi connectivity index (χ1) is 27.4. The Hall–Kier alpha value is -6.49. The molecule has 57 heavy (non-hydrogen) atoms. The smallest absolute Gasteiger partial charge is 0.322 e. The van der Waals surface area contributed by atoms with E-state index in [2.05, 4.69) is 25.9 Å². The fourth-order valence-electron chi connectivity index (χ4n) is 6.53. The van der Waals surface area contributed by atoms with Gasteiger partial charge in [-0.25, -0.2) is 4.98 Å². The van der Waals surface area contributed by atoms with Gasteiger partial charge in [-0.1, -0.05) is 12.1 Å². The average molecular weight is 782 g/mol. The van der Waals surface area contributed by atoms with Crippen molar-refractivity contribution in [2.45, 2.75) is 51.1 Å². The van der Waals surface area contributed by atoms with Gasteiger partial charge in [-0.05, 0) is 62.4 Å². The minimum Gasteiger partial charge on any atom is -0.493 e. The summed E-state index contributed by atoms with van der Waals surface area (Å²) in [7, 11) is 4.94. The minimum atomic E-state index is -0.693. The standard InChI is InChI=1S/C40H47N9O8/c1-24(41)40(54)57-17-7-14-42-37(51)31-18-26(22-47(31)2)25-10-12-27(13-11-25)44-38(52)36-46-34(23-48(36)3)45-35(50)9-6-16-56-33-20-30-29(19-32(33)55-4)39(53)49-15-5-8-28(49)21-43-30/h10-13,18-24,28H,5-9,14-17,41H2,1-4H3,(H,42,51)(H,44,52)(H,45,50)/t24-,28-/m0/s1. The molecule has 5 N–H and O–H groups in total. The monoisotopic (exact) mass is 781 g/mol. The van der Waals surface area contributed by atoms with E-state index < -0.39 is 17.9 Å². The molecular weight excluding hydrogens is 734 g/mol. The molecule has 2 atom stereocenters. The summed E-state index contributed by atoms with van der Waals surface area (Å²) >= 11 is 0. The van der Waals surface area contributed by atoms with Crippen molar-refractivity contribution >= 4 is 53.0 Å². The Morgan fingerprint density at radius 2 is 1.74 bits per heavy atom. The highest BCUT2D eigenvalue weighted by molar-refractivity contribution is 6.04. The van der Waals surface area contributed by atoms with Crippen molar-refractivity contribution < 1.29 is 38.2 Å². The third-order valence-corrected chi connectivity index (χ3v) is 9.55. The molecule has 4 amide bonds. The number of nitrogens with one attached hydrogen (secondary N) is 3. The van der Waals surface area contributed by atoms with Gasteiger partial charge in [-0.15, -0.1) is 0 Å². The molecule has 0 unspecified atom stereocenters. The normalized spacial score (nSPS) is 14.9. The number of esters is 1. The molecule has 0 radical (unpaired) electrons. The van der Waals surface area contributed by atoms with Crippen molar-refractivity contribution in [2.75, 3.05) is 44.0 Å². The molecule has 0 bridgehead atoms. The molecule has 4 heterocycles. The summed E-state index contributed by atoms with van der Waals surface area (Å²) in [6.45, 7) is 2.94. The van der Waals surface area contributed by atoms with Crippen molar-refractivity contribution in [3.05, 3.63) is 71.9 Å². The molecule has 17 nitrogen and oxygen atoms in total. The number of rotatable bonds is 16. The molecular formula is C40H47N9O8. The van der Waals surface area contributed by atoms with Crippen LogP contribution < -0.4 is 31.2 Å². The SMILES string of the molecule is COc1cc2c(cc1OCCCC(=O)Nc1cn(C)c(C(=O)Nc3ccc(-c4cc(C(=O)NCCCOC(=O)[C@H](C)N)n(C)c4)cc3)n1)N=C[C@@H]1CCCN1C2=O. The van der Waals surface area contributed by atoms with E-state index >= 15 is 0 Å². The van der Waals surface area contributed by atoms with E-state index in [1.54, 1.807) is 62.1 Å². The van der Waals surface area contributed by atoms with E-state index in [0.29, 0.717) is 60.1 Å². The van der Waals surface area contributed by atoms with Gasteiger partial charge in [0, 0.05) is 69.5 Å². The predicted molar refractivity (Wildman–Crippen MR) is 212 cm³/mol. The molecule has 2 aliphatic heterocycles. The summed E-state index contributed by atoms with van der Waals surface area (Å²) < 4.78 is 19.7. The van der Waals surface area contributed by atoms with Crippen LogP contribution in [0.4, 0.5) is 17.2 Å². The van der Waals surface area contributed by atoms with Gasteiger partial charge < -0.3 is 49.9 Å². The number of methoxy groups -OCH3 is 1. The Kier molecular flexibility index (Phi) is 12.7. The van der Waals surface area contributed by atoms with Gasteiger partial charge in [0.2, 0.25) is 11.7 Å². The van der Waals surface area contributed by atoms with E-state index in [0.717, 1.165) is 24.0 Å². The van der Waals surface area contributed by atoms with Crippen LogP contribution in [-0.4, -0.2) is 100 Å². The van der Waals surface area contributed by atoms with Crippen LogP contribution in [0.2, 0.25) is 0 Å². The summed E-state index contributed by atoms with van der Waals surface area (Å²) in [5.74, 6) is -0.421. The van der Waals surface area contributed by atoms with Crippen molar-refractivity contribution in [1.29, 1.82) is 0 Å². The summed E-state index contributed by atoms with van der Waals surface area (Å²) in [6, 6.07) is 11.6. The molecule has 300 valence electrons. The lowest BCUT2D eigenvalue weighted by Gasteiger charge is -2.20. The number of aryl methyl sites for hydroxylation is 2. The van der Waals surface area contributed by atoms with Gasteiger partial charge in [-0.2, -0.15) is 0 Å². The number of hydrogen-bond donors (Lipinski definition) is 4. The van der Waals surface area contributed by atoms with E-state index in [4.69, 9.17) is 19.9 Å². The molecule has 0 saturated carbocycles. The molecule has 2 aromatic heterocycles. The number of hydrogen-bond acceptors (Lipinski definition) is 11. The number of nitrogens with two attached hydrogens (primary N) is 1. The van der Waals surface area contributed by atoms with Gasteiger partial charge in [0.15, 0.2) is 17.3 Å². The molecule has 17 heteroatoms. The zero-order valence-corrected chi connectivity index (χ0v) is 32.4. The van der Waals surface area contributed by atoms with Crippen LogP contribution in [-0.2, 0) is 28.4 Å². The van der Waals surface area contributed by atoms with Crippen LogP contribution in [0.25, 0.3) is 11.1 Å². The van der Waals surface area contributed by atoms with E-state index in [-0.39, 0.29) is 55.0 Å². The lowest BCUT2D eigenvalue weighted by Crippen LogP contribution is -2.35. The molecule has 0 aliphatic carbocycles. The molecule has 4 aromatic rings. The maximum absolute atomic E-state index is 13.1. The first-order valence-corrected chi connectivity index (χ1v) is 18.7. The van der Waals surface area contributed by atoms with Gasteiger partial charge in [0.05, 0.1) is 37.6 Å². The van der Waals surface area contributed by atoms with Crippen LogP contribution in [0.3, 0.4) is 0 Å². The number of fused-ring (bicyclic) bond motifs is 2. The van der Waals surface area contributed by atoms with Gasteiger partial charge in [0.25, 0.3) is 17.7 Å². The van der Waals surface area contributed by atoms with Crippen molar-refractivity contribution in [3.8, 4) is 22.6 Å². The predicted octanol–water partition coefficient (Wildman–Crippen LogP) is 3.82. The third kappa shape index (κ3) is 9.67. The van der Waals surface area contributed by atoms with Crippen LogP contribution in [0, 0.1) is 0 Å². The van der Waals surface area contributed by atoms with Gasteiger partial charge in [-0.3, -0.25) is 29.0 Å². The number of amides is 4. The first-order valence-electron chi connectivity index (χ1n) is 18.7.